The fourth-order valence-electron chi connectivity index (χ4n) is 4.09. The van der Waals surface area contributed by atoms with E-state index >= 15 is 0 Å². The Kier molecular flexibility index (Phi) is 5.87. The highest BCUT2D eigenvalue weighted by Crippen LogP contribution is 2.39. The van der Waals surface area contributed by atoms with Gasteiger partial charge >= 0.3 is 0 Å². The van der Waals surface area contributed by atoms with Gasteiger partial charge in [-0.1, -0.05) is 5.16 Å². The largest absolute Gasteiger partial charge is 0.385 e. The second-order valence-corrected chi connectivity index (χ2v) is 7.35. The van der Waals surface area contributed by atoms with Gasteiger partial charge in [-0.25, -0.2) is 0 Å². The van der Waals surface area contributed by atoms with Crippen molar-refractivity contribution in [3.8, 4) is 0 Å². The summed E-state index contributed by atoms with van der Waals surface area (Å²) in [6.07, 6.45) is 4.57. The molecule has 9 nitrogen and oxygen atoms in total. The molecule has 1 spiro atoms. The van der Waals surface area contributed by atoms with Crippen LogP contribution in [0.15, 0.2) is 4.52 Å². The van der Waals surface area contributed by atoms with Crippen LogP contribution in [0.25, 0.3) is 0 Å². The molecule has 26 heavy (non-hydrogen) atoms. The first-order valence-corrected chi connectivity index (χ1v) is 9.13. The SMILES string of the molecule is COCCCN1C[C@]2(CCCN(Cc3nc(C(N)=O)no3)C2)CCC1=O. The van der Waals surface area contributed by atoms with Gasteiger partial charge in [0.05, 0.1) is 6.54 Å². The highest BCUT2D eigenvalue weighted by molar-refractivity contribution is 5.88. The third-order valence-electron chi connectivity index (χ3n) is 5.31. The van der Waals surface area contributed by atoms with Crippen molar-refractivity contribution in [3.63, 3.8) is 0 Å². The minimum atomic E-state index is -0.687. The third kappa shape index (κ3) is 4.39. The van der Waals surface area contributed by atoms with Gasteiger partial charge in [-0.05, 0) is 32.2 Å². The van der Waals surface area contributed by atoms with E-state index < -0.39 is 5.91 Å². The lowest BCUT2D eigenvalue weighted by Gasteiger charge is -2.48. The van der Waals surface area contributed by atoms with E-state index in [2.05, 4.69) is 15.0 Å². The zero-order chi connectivity index (χ0) is 18.6. The third-order valence-corrected chi connectivity index (χ3v) is 5.31. The number of amides is 2. The highest BCUT2D eigenvalue weighted by atomic mass is 16.5. The number of rotatable bonds is 7. The van der Waals surface area contributed by atoms with Crippen molar-refractivity contribution in [2.45, 2.75) is 38.6 Å². The Balaban J connectivity index is 1.60. The van der Waals surface area contributed by atoms with Crippen molar-refractivity contribution in [1.82, 2.24) is 19.9 Å². The lowest BCUT2D eigenvalue weighted by molar-refractivity contribution is -0.139. The van der Waals surface area contributed by atoms with Gasteiger partial charge in [0.1, 0.15) is 0 Å². The predicted octanol–water partition coefficient (Wildman–Crippen LogP) is 0.410. The number of primary amides is 1. The molecule has 144 valence electrons. The molecule has 0 radical (unpaired) electrons. The predicted molar refractivity (Wildman–Crippen MR) is 92.1 cm³/mol. The normalized spacial score (nSPS) is 24.3. The molecular weight excluding hydrogens is 338 g/mol. The van der Waals surface area contributed by atoms with Crippen molar-refractivity contribution in [1.29, 1.82) is 0 Å². The van der Waals surface area contributed by atoms with E-state index in [1.54, 1.807) is 7.11 Å². The molecule has 2 saturated heterocycles. The molecule has 1 aromatic rings. The molecule has 9 heteroatoms. The molecule has 2 aliphatic heterocycles. The summed E-state index contributed by atoms with van der Waals surface area (Å²) < 4.78 is 10.2. The van der Waals surface area contributed by atoms with E-state index in [0.29, 0.717) is 25.5 Å². The Hall–Kier alpha value is -2.00. The minimum Gasteiger partial charge on any atom is -0.385 e. The number of methoxy groups -OCH3 is 1. The average molecular weight is 365 g/mol. The van der Waals surface area contributed by atoms with Crippen LogP contribution in [-0.2, 0) is 16.1 Å². The number of likely N-dealkylation sites (tertiary alicyclic amines) is 2. The molecular formula is C17H27N5O4. The van der Waals surface area contributed by atoms with Crippen LogP contribution < -0.4 is 5.73 Å². The highest BCUT2D eigenvalue weighted by Gasteiger charge is 2.41. The van der Waals surface area contributed by atoms with Crippen LogP contribution in [0.4, 0.5) is 0 Å². The number of hydrogen-bond donors (Lipinski definition) is 1. The lowest BCUT2D eigenvalue weighted by Crippen LogP contribution is -2.54. The summed E-state index contributed by atoms with van der Waals surface area (Å²) in [6, 6.07) is 0. The molecule has 2 fully saturated rings. The number of hydrogen-bond acceptors (Lipinski definition) is 7. The fraction of sp³-hybridized carbons (Fsp3) is 0.765. The number of carbonyl (C=O) groups is 2. The van der Waals surface area contributed by atoms with Crippen molar-refractivity contribution in [2.75, 3.05) is 39.9 Å². The zero-order valence-electron chi connectivity index (χ0n) is 15.3. The zero-order valence-corrected chi connectivity index (χ0v) is 15.3. The number of aromatic nitrogens is 2. The average Bonchev–Trinajstić information content (AvgIpc) is 3.07. The smallest absolute Gasteiger partial charge is 0.290 e. The van der Waals surface area contributed by atoms with Gasteiger partial charge in [-0.3, -0.25) is 14.5 Å². The van der Waals surface area contributed by atoms with Crippen molar-refractivity contribution < 1.29 is 18.8 Å². The van der Waals surface area contributed by atoms with Crippen LogP contribution in [0.5, 0.6) is 0 Å². The summed E-state index contributed by atoms with van der Waals surface area (Å²) in [5.41, 5.74) is 5.28. The van der Waals surface area contributed by atoms with Crippen molar-refractivity contribution in [3.05, 3.63) is 11.7 Å². The monoisotopic (exact) mass is 365 g/mol. The van der Waals surface area contributed by atoms with E-state index in [4.69, 9.17) is 15.0 Å². The van der Waals surface area contributed by atoms with Gasteiger partial charge in [-0.15, -0.1) is 0 Å². The molecule has 0 aromatic carbocycles. The number of nitrogens with two attached hydrogens (primary N) is 1. The van der Waals surface area contributed by atoms with Crippen LogP contribution in [0.1, 0.15) is 48.6 Å². The minimum absolute atomic E-state index is 0.0840. The summed E-state index contributed by atoms with van der Waals surface area (Å²) in [6.45, 7) is 4.54. The Morgan fingerprint density at radius 3 is 2.96 bits per heavy atom. The molecule has 3 heterocycles. The first-order valence-electron chi connectivity index (χ1n) is 9.13. The number of carbonyl (C=O) groups excluding carboxylic acids is 2. The van der Waals surface area contributed by atoms with Crippen LogP contribution in [-0.4, -0.2) is 71.7 Å². The Labute approximate surface area is 152 Å². The summed E-state index contributed by atoms with van der Waals surface area (Å²) in [5.74, 6) is -0.126. The molecule has 0 aliphatic carbocycles. The van der Waals surface area contributed by atoms with E-state index in [-0.39, 0.29) is 17.1 Å². The van der Waals surface area contributed by atoms with Crippen LogP contribution in [0.3, 0.4) is 0 Å². The maximum Gasteiger partial charge on any atom is 0.290 e. The summed E-state index contributed by atoms with van der Waals surface area (Å²) in [4.78, 5) is 31.6. The molecule has 1 atom stereocenters. The Morgan fingerprint density at radius 1 is 1.38 bits per heavy atom. The quantitative estimate of drug-likeness (QED) is 0.696. The second kappa shape index (κ2) is 8.13. The maximum absolute atomic E-state index is 12.2. The first-order chi connectivity index (χ1) is 12.5. The molecule has 2 amide bonds. The van der Waals surface area contributed by atoms with Gasteiger partial charge in [-0.2, -0.15) is 4.98 Å². The van der Waals surface area contributed by atoms with Crippen LogP contribution in [0, 0.1) is 5.41 Å². The van der Waals surface area contributed by atoms with E-state index in [1.807, 2.05) is 4.90 Å². The van der Waals surface area contributed by atoms with Gasteiger partial charge in [0.25, 0.3) is 11.7 Å². The Morgan fingerprint density at radius 2 is 2.23 bits per heavy atom. The number of nitrogens with zero attached hydrogens (tertiary/aromatic N) is 4. The number of ether oxygens (including phenoxy) is 1. The molecule has 0 unspecified atom stereocenters. The van der Waals surface area contributed by atoms with Gasteiger partial charge in [0.2, 0.25) is 11.8 Å². The number of piperidine rings is 2. The lowest BCUT2D eigenvalue weighted by atomic mass is 9.73. The summed E-state index contributed by atoms with van der Waals surface area (Å²) in [5, 5.41) is 3.60. The first kappa shape index (κ1) is 18.8. The van der Waals surface area contributed by atoms with Crippen LogP contribution >= 0.6 is 0 Å². The van der Waals surface area contributed by atoms with E-state index in [1.165, 1.54) is 0 Å². The van der Waals surface area contributed by atoms with Crippen molar-refractivity contribution in [2.24, 2.45) is 11.1 Å². The van der Waals surface area contributed by atoms with Gasteiger partial charge in [0.15, 0.2) is 0 Å². The van der Waals surface area contributed by atoms with E-state index in [9.17, 15) is 9.59 Å². The summed E-state index contributed by atoms with van der Waals surface area (Å²) in [7, 11) is 1.68. The molecule has 1 aromatic heterocycles. The maximum atomic E-state index is 12.2. The van der Waals surface area contributed by atoms with Crippen molar-refractivity contribution >= 4 is 11.8 Å². The van der Waals surface area contributed by atoms with Gasteiger partial charge in [0, 0.05) is 45.2 Å². The van der Waals surface area contributed by atoms with E-state index in [0.717, 1.165) is 51.9 Å². The molecule has 0 saturated carbocycles. The molecule has 0 bridgehead atoms. The fourth-order valence-corrected chi connectivity index (χ4v) is 4.09. The molecule has 2 aliphatic rings. The second-order valence-electron chi connectivity index (χ2n) is 7.35. The molecule has 3 rings (SSSR count). The Bertz CT molecular complexity index is 649. The standard InChI is InChI=1S/C17H27N5O4/c1-25-9-3-8-22-12-17(6-4-14(22)23)5-2-7-21(11-17)10-13-19-16(15(18)24)20-26-13/h2-12H2,1H3,(H2,18,24)/t17-/m1/s1. The van der Waals surface area contributed by atoms with Gasteiger partial charge < -0.3 is 19.9 Å². The van der Waals surface area contributed by atoms with Crippen LogP contribution in [0.2, 0.25) is 0 Å². The molecule has 2 N–H and O–H groups in total. The summed E-state index contributed by atoms with van der Waals surface area (Å²) >= 11 is 0. The topological polar surface area (TPSA) is 115 Å².